The number of ether oxygens (including phenoxy) is 1. The van der Waals surface area contributed by atoms with Crippen molar-refractivity contribution in [1.82, 2.24) is 4.90 Å². The van der Waals surface area contributed by atoms with Crippen LogP contribution in [-0.4, -0.2) is 46.2 Å². The van der Waals surface area contributed by atoms with Gasteiger partial charge in [0.25, 0.3) is 17.5 Å². The molecule has 9 heteroatoms. The molecule has 9 nitrogen and oxygen atoms in total. The number of anilines is 1. The van der Waals surface area contributed by atoms with Crippen LogP contribution in [0.5, 0.6) is 5.75 Å². The molecular formula is C26H29N3O6. The minimum atomic E-state index is -0.955. The maximum Gasteiger partial charge on any atom is 0.270 e. The highest BCUT2D eigenvalue weighted by atomic mass is 16.6. The predicted molar refractivity (Wildman–Crippen MR) is 129 cm³/mol. The normalized spacial score (nSPS) is 18.9. The number of rotatable bonds is 7. The zero-order valence-electron chi connectivity index (χ0n) is 19.7. The average Bonchev–Trinajstić information content (AvgIpc) is 3.01. The monoisotopic (exact) mass is 479 g/mol. The van der Waals surface area contributed by atoms with Crippen molar-refractivity contribution >= 4 is 29.1 Å². The Labute approximate surface area is 203 Å². The van der Waals surface area contributed by atoms with Crippen LogP contribution >= 0.6 is 0 Å². The van der Waals surface area contributed by atoms with Crippen LogP contribution in [0, 0.1) is 10.1 Å². The molecule has 1 aliphatic heterocycles. The Morgan fingerprint density at radius 2 is 1.77 bits per heavy atom. The van der Waals surface area contributed by atoms with Gasteiger partial charge in [0.1, 0.15) is 11.8 Å². The van der Waals surface area contributed by atoms with Gasteiger partial charge in [0.05, 0.1) is 23.6 Å². The summed E-state index contributed by atoms with van der Waals surface area (Å²) in [5.74, 6) is -0.662. The lowest BCUT2D eigenvalue weighted by Gasteiger charge is -2.35. The summed E-state index contributed by atoms with van der Waals surface area (Å²) in [5, 5.41) is 11.3. The molecule has 2 aromatic carbocycles. The Morgan fingerprint density at radius 3 is 2.40 bits per heavy atom. The second-order valence-electron chi connectivity index (χ2n) is 8.88. The lowest BCUT2D eigenvalue weighted by atomic mass is 10.0. The Hall–Kier alpha value is -3.75. The lowest BCUT2D eigenvalue weighted by Crippen LogP contribution is -2.50. The van der Waals surface area contributed by atoms with Crippen LogP contribution in [-0.2, 0) is 9.59 Å². The maximum absolute atomic E-state index is 13.7. The molecule has 0 spiro atoms. The number of amides is 3. The van der Waals surface area contributed by atoms with E-state index in [1.165, 1.54) is 29.2 Å². The van der Waals surface area contributed by atoms with Crippen molar-refractivity contribution in [1.29, 1.82) is 0 Å². The van der Waals surface area contributed by atoms with Crippen molar-refractivity contribution in [3.8, 4) is 5.75 Å². The minimum absolute atomic E-state index is 0.122. The van der Waals surface area contributed by atoms with E-state index < -0.39 is 22.8 Å². The van der Waals surface area contributed by atoms with Gasteiger partial charge in [-0.15, -0.1) is 0 Å². The molecule has 1 heterocycles. The predicted octanol–water partition coefficient (Wildman–Crippen LogP) is 4.49. The van der Waals surface area contributed by atoms with E-state index in [1.54, 1.807) is 24.3 Å². The molecule has 1 atom stereocenters. The molecule has 4 rings (SSSR count). The third kappa shape index (κ3) is 5.18. The van der Waals surface area contributed by atoms with Crippen molar-refractivity contribution in [2.75, 3.05) is 11.5 Å². The highest BCUT2D eigenvalue weighted by molar-refractivity contribution is 6.23. The summed E-state index contributed by atoms with van der Waals surface area (Å²) in [6.07, 6.45) is 5.25. The van der Waals surface area contributed by atoms with Crippen LogP contribution in [0.3, 0.4) is 0 Å². The molecule has 2 aliphatic rings. The SMILES string of the molecule is CCOc1ccc(N2C(=O)CC(N(C(=O)c3cccc([N+](=O)[O-])c3)C3CCCCCC3)C2=O)cc1. The number of carbonyl (C=O) groups is 3. The van der Waals surface area contributed by atoms with Gasteiger partial charge in [0.2, 0.25) is 5.91 Å². The van der Waals surface area contributed by atoms with E-state index in [1.807, 2.05) is 6.92 Å². The zero-order valence-corrected chi connectivity index (χ0v) is 19.7. The van der Waals surface area contributed by atoms with Crippen molar-refractivity contribution < 1.29 is 24.0 Å². The lowest BCUT2D eigenvalue weighted by molar-refractivity contribution is -0.384. The molecule has 3 amide bonds. The first-order valence-electron chi connectivity index (χ1n) is 12.1. The molecular weight excluding hydrogens is 450 g/mol. The summed E-state index contributed by atoms with van der Waals surface area (Å²) in [4.78, 5) is 53.7. The second kappa shape index (κ2) is 10.7. The molecule has 35 heavy (non-hydrogen) atoms. The Balaban J connectivity index is 1.67. The largest absolute Gasteiger partial charge is 0.494 e. The van der Waals surface area contributed by atoms with Crippen LogP contribution in [0.15, 0.2) is 48.5 Å². The summed E-state index contributed by atoms with van der Waals surface area (Å²) in [5.41, 5.74) is 0.374. The molecule has 0 N–H and O–H groups in total. The number of nitro groups is 1. The van der Waals surface area contributed by atoms with Crippen LogP contribution in [0.1, 0.15) is 62.2 Å². The van der Waals surface area contributed by atoms with Crippen molar-refractivity contribution in [3.63, 3.8) is 0 Å². The van der Waals surface area contributed by atoms with E-state index >= 15 is 0 Å². The molecule has 0 bridgehead atoms. The third-order valence-corrected chi connectivity index (χ3v) is 6.62. The first kappa shape index (κ1) is 24.4. The zero-order chi connectivity index (χ0) is 24.9. The number of hydrogen-bond donors (Lipinski definition) is 0. The van der Waals surface area contributed by atoms with E-state index in [4.69, 9.17) is 4.74 Å². The Bertz CT molecular complexity index is 1110. The van der Waals surface area contributed by atoms with Gasteiger partial charge in [0.15, 0.2) is 0 Å². The molecule has 0 aromatic heterocycles. The van der Waals surface area contributed by atoms with Crippen molar-refractivity contribution in [2.24, 2.45) is 0 Å². The summed E-state index contributed by atoms with van der Waals surface area (Å²) < 4.78 is 5.45. The number of nitro benzene ring substituents is 1. The fourth-order valence-corrected chi connectivity index (χ4v) is 4.96. The standard InChI is InChI=1S/C26H29N3O6/c1-2-35-22-14-12-20(13-15-22)28-24(30)17-23(26(28)32)27(19-9-5-3-4-6-10-19)25(31)18-8-7-11-21(16-18)29(33)34/h7-8,11-16,19,23H,2-6,9-10,17H2,1H3. The fourth-order valence-electron chi connectivity index (χ4n) is 4.96. The van der Waals surface area contributed by atoms with Crippen molar-refractivity contribution in [2.45, 2.75) is 64.0 Å². The van der Waals surface area contributed by atoms with Gasteiger partial charge in [-0.1, -0.05) is 31.7 Å². The van der Waals surface area contributed by atoms with Gasteiger partial charge in [0, 0.05) is 23.7 Å². The maximum atomic E-state index is 13.7. The van der Waals surface area contributed by atoms with Gasteiger partial charge < -0.3 is 9.64 Å². The fraction of sp³-hybridized carbons (Fsp3) is 0.423. The molecule has 1 aliphatic carbocycles. The van der Waals surface area contributed by atoms with Crippen LogP contribution in [0.2, 0.25) is 0 Å². The van der Waals surface area contributed by atoms with Gasteiger partial charge in [-0.05, 0) is 50.1 Å². The highest BCUT2D eigenvalue weighted by Gasteiger charge is 2.46. The van der Waals surface area contributed by atoms with Gasteiger partial charge in [-0.25, -0.2) is 4.90 Å². The van der Waals surface area contributed by atoms with E-state index in [2.05, 4.69) is 0 Å². The van der Waals surface area contributed by atoms with Crippen LogP contribution in [0.25, 0.3) is 0 Å². The number of nitrogens with zero attached hydrogens (tertiary/aromatic N) is 3. The average molecular weight is 480 g/mol. The quantitative estimate of drug-likeness (QED) is 0.250. The number of non-ortho nitro benzene ring substituents is 1. The molecule has 2 aromatic rings. The molecule has 2 fully saturated rings. The molecule has 184 valence electrons. The smallest absolute Gasteiger partial charge is 0.270 e. The van der Waals surface area contributed by atoms with Gasteiger partial charge >= 0.3 is 0 Å². The summed E-state index contributed by atoms with van der Waals surface area (Å²) in [7, 11) is 0. The van der Waals surface area contributed by atoms with Crippen LogP contribution in [0.4, 0.5) is 11.4 Å². The number of benzene rings is 2. The topological polar surface area (TPSA) is 110 Å². The third-order valence-electron chi connectivity index (χ3n) is 6.62. The Kier molecular flexibility index (Phi) is 7.43. The van der Waals surface area contributed by atoms with E-state index in [0.29, 0.717) is 18.0 Å². The molecule has 1 unspecified atom stereocenters. The summed E-state index contributed by atoms with van der Waals surface area (Å²) in [6.45, 7) is 2.37. The van der Waals surface area contributed by atoms with E-state index in [-0.39, 0.29) is 29.6 Å². The van der Waals surface area contributed by atoms with Gasteiger partial charge in [-0.3, -0.25) is 24.5 Å². The van der Waals surface area contributed by atoms with Crippen LogP contribution < -0.4 is 9.64 Å². The number of carbonyl (C=O) groups excluding carboxylic acids is 3. The summed E-state index contributed by atoms with van der Waals surface area (Å²) in [6, 6.07) is 11.1. The van der Waals surface area contributed by atoms with E-state index in [0.717, 1.165) is 43.4 Å². The highest BCUT2D eigenvalue weighted by Crippen LogP contribution is 2.33. The minimum Gasteiger partial charge on any atom is -0.494 e. The number of hydrogen-bond acceptors (Lipinski definition) is 6. The van der Waals surface area contributed by atoms with Crippen molar-refractivity contribution in [3.05, 3.63) is 64.2 Å². The first-order chi connectivity index (χ1) is 16.9. The summed E-state index contributed by atoms with van der Waals surface area (Å²) >= 11 is 0. The Morgan fingerprint density at radius 1 is 1.09 bits per heavy atom. The molecule has 1 saturated heterocycles. The molecule has 0 radical (unpaired) electrons. The first-order valence-corrected chi connectivity index (χ1v) is 12.1. The number of imide groups is 1. The van der Waals surface area contributed by atoms with E-state index in [9.17, 15) is 24.5 Å². The van der Waals surface area contributed by atoms with Gasteiger partial charge in [-0.2, -0.15) is 0 Å². The second-order valence-corrected chi connectivity index (χ2v) is 8.88. The molecule has 1 saturated carbocycles.